The van der Waals surface area contributed by atoms with Crippen LogP contribution in [0.25, 0.3) is 0 Å². The van der Waals surface area contributed by atoms with Crippen LogP contribution in [0.3, 0.4) is 0 Å². The van der Waals surface area contributed by atoms with Gasteiger partial charge in [0, 0.05) is 22.8 Å². The summed E-state index contributed by atoms with van der Waals surface area (Å²) in [5, 5.41) is 0.520. The van der Waals surface area contributed by atoms with E-state index in [4.69, 9.17) is 11.6 Å². The number of unbranched alkanes of at least 4 members (excludes halogenated alkanes) is 1. The maximum atomic E-state index is 12.9. The van der Waals surface area contributed by atoms with Gasteiger partial charge in [-0.3, -0.25) is 19.3 Å². The first-order chi connectivity index (χ1) is 15.6. The van der Waals surface area contributed by atoms with Gasteiger partial charge in [-0.2, -0.15) is 13.2 Å². The number of alkyl halides is 3. The van der Waals surface area contributed by atoms with Crippen molar-refractivity contribution in [1.29, 1.82) is 0 Å². The van der Waals surface area contributed by atoms with Gasteiger partial charge in [-0.25, -0.2) is 0 Å². The number of hydrogen-bond donors (Lipinski definition) is 0. The van der Waals surface area contributed by atoms with Crippen LogP contribution in [-0.2, 0) is 15.8 Å². The first-order valence-corrected chi connectivity index (χ1v) is 10.8. The van der Waals surface area contributed by atoms with Crippen molar-refractivity contribution in [3.63, 3.8) is 0 Å². The number of carbonyl (C=O) groups is 3. The molecule has 0 radical (unpaired) electrons. The van der Waals surface area contributed by atoms with Gasteiger partial charge in [-0.05, 0) is 55.0 Å². The van der Waals surface area contributed by atoms with Crippen molar-refractivity contribution in [2.45, 2.75) is 25.9 Å². The number of rotatable bonds is 7. The van der Waals surface area contributed by atoms with Crippen LogP contribution in [0.4, 0.5) is 18.9 Å². The van der Waals surface area contributed by atoms with Crippen molar-refractivity contribution in [2.75, 3.05) is 31.2 Å². The molecule has 0 atom stereocenters. The molecule has 0 aromatic heterocycles. The Bertz CT molecular complexity index is 1010. The molecular formula is C23H23ClF3N3O3. The molecule has 1 saturated heterocycles. The lowest BCUT2D eigenvalue weighted by atomic mass is 10.1. The molecule has 6 nitrogen and oxygen atoms in total. The monoisotopic (exact) mass is 481 g/mol. The molecule has 0 bridgehead atoms. The third kappa shape index (κ3) is 6.04. The molecule has 1 aliphatic rings. The molecule has 0 N–H and O–H groups in total. The normalized spacial score (nSPS) is 14.0. The van der Waals surface area contributed by atoms with Crippen LogP contribution >= 0.6 is 11.6 Å². The predicted octanol–water partition coefficient (Wildman–Crippen LogP) is 4.43. The van der Waals surface area contributed by atoms with Gasteiger partial charge in [-0.15, -0.1) is 0 Å². The summed E-state index contributed by atoms with van der Waals surface area (Å²) in [4.78, 5) is 42.4. The second-order valence-electron chi connectivity index (χ2n) is 7.69. The lowest BCUT2D eigenvalue weighted by molar-refractivity contribution is -0.137. The minimum Gasteiger partial charge on any atom is -0.329 e. The first-order valence-electron chi connectivity index (χ1n) is 10.4. The number of halogens is 4. The standard InChI is InChI=1S/C23H23ClF3N3O3/c1-2-3-12-28(22(33)16-4-6-17(7-5-16)23(25,26)27)13-20(31)29-14-21(32)30(15-29)19-10-8-18(24)9-11-19/h4-11H,2-3,12-15H2,1H3. The van der Waals surface area contributed by atoms with E-state index in [-0.39, 0.29) is 37.8 Å². The third-order valence-electron chi connectivity index (χ3n) is 5.28. The van der Waals surface area contributed by atoms with Crippen LogP contribution < -0.4 is 4.90 Å². The number of carbonyl (C=O) groups excluding carboxylic acids is 3. The number of anilines is 1. The summed E-state index contributed by atoms with van der Waals surface area (Å²) < 4.78 is 38.4. The molecule has 2 aromatic rings. The number of amides is 3. The van der Waals surface area contributed by atoms with Gasteiger partial charge in [0.1, 0.15) is 19.8 Å². The average Bonchev–Trinajstić information content (AvgIpc) is 3.17. The van der Waals surface area contributed by atoms with E-state index in [1.165, 1.54) is 14.7 Å². The Hall–Kier alpha value is -3.07. The smallest absolute Gasteiger partial charge is 0.329 e. The summed E-state index contributed by atoms with van der Waals surface area (Å²) in [5.41, 5.74) is -0.191. The fourth-order valence-corrected chi connectivity index (χ4v) is 3.54. The van der Waals surface area contributed by atoms with Gasteiger partial charge >= 0.3 is 6.18 Å². The minimum absolute atomic E-state index is 0.0371. The maximum absolute atomic E-state index is 12.9. The van der Waals surface area contributed by atoms with Crippen molar-refractivity contribution >= 4 is 35.0 Å². The molecular weight excluding hydrogens is 459 g/mol. The zero-order valence-corrected chi connectivity index (χ0v) is 18.7. The highest BCUT2D eigenvalue weighted by Gasteiger charge is 2.33. The molecule has 1 heterocycles. The Labute approximate surface area is 194 Å². The Morgan fingerprint density at radius 3 is 2.27 bits per heavy atom. The highest BCUT2D eigenvalue weighted by atomic mass is 35.5. The molecule has 0 saturated carbocycles. The summed E-state index contributed by atoms with van der Waals surface area (Å²) in [6.45, 7) is 1.82. The number of hydrogen-bond acceptors (Lipinski definition) is 3. The van der Waals surface area contributed by atoms with Gasteiger partial charge in [-0.1, -0.05) is 24.9 Å². The van der Waals surface area contributed by atoms with E-state index in [1.54, 1.807) is 24.3 Å². The molecule has 1 fully saturated rings. The Balaban J connectivity index is 1.70. The van der Waals surface area contributed by atoms with Gasteiger partial charge in [0.25, 0.3) is 5.91 Å². The van der Waals surface area contributed by atoms with E-state index < -0.39 is 23.6 Å². The average molecular weight is 482 g/mol. The molecule has 2 aromatic carbocycles. The van der Waals surface area contributed by atoms with E-state index in [0.29, 0.717) is 17.1 Å². The van der Waals surface area contributed by atoms with Crippen LogP contribution in [0.1, 0.15) is 35.7 Å². The summed E-state index contributed by atoms with van der Waals surface area (Å²) in [6, 6.07) is 10.5. The second-order valence-corrected chi connectivity index (χ2v) is 8.12. The highest BCUT2D eigenvalue weighted by molar-refractivity contribution is 6.30. The van der Waals surface area contributed by atoms with Gasteiger partial charge in [0.15, 0.2) is 0 Å². The van der Waals surface area contributed by atoms with Crippen LogP contribution in [-0.4, -0.2) is 53.8 Å². The van der Waals surface area contributed by atoms with Crippen molar-refractivity contribution in [3.8, 4) is 0 Å². The summed E-state index contributed by atoms with van der Waals surface area (Å²) in [6.07, 6.45) is -3.12. The SMILES string of the molecule is CCCCN(CC(=O)N1CC(=O)N(c2ccc(Cl)cc2)C1)C(=O)c1ccc(C(F)(F)F)cc1. The molecule has 3 amide bonds. The van der Waals surface area contributed by atoms with Crippen LogP contribution in [0, 0.1) is 0 Å². The highest BCUT2D eigenvalue weighted by Crippen LogP contribution is 2.29. The molecule has 176 valence electrons. The first kappa shape index (κ1) is 24.6. The van der Waals surface area contributed by atoms with E-state index in [0.717, 1.165) is 30.7 Å². The molecule has 33 heavy (non-hydrogen) atoms. The molecule has 3 rings (SSSR count). The van der Waals surface area contributed by atoms with E-state index in [2.05, 4.69) is 0 Å². The topological polar surface area (TPSA) is 60.9 Å². The number of benzene rings is 2. The fourth-order valence-electron chi connectivity index (χ4n) is 3.41. The predicted molar refractivity (Wildman–Crippen MR) is 118 cm³/mol. The van der Waals surface area contributed by atoms with E-state index in [1.807, 2.05) is 6.92 Å². The second kappa shape index (κ2) is 10.2. The zero-order chi connectivity index (χ0) is 24.2. The van der Waals surface area contributed by atoms with Crippen molar-refractivity contribution in [1.82, 2.24) is 9.80 Å². The molecule has 1 aliphatic heterocycles. The minimum atomic E-state index is -4.50. The third-order valence-corrected chi connectivity index (χ3v) is 5.54. The van der Waals surface area contributed by atoms with Crippen molar-refractivity contribution < 1.29 is 27.6 Å². The van der Waals surface area contributed by atoms with E-state index in [9.17, 15) is 27.6 Å². The summed E-state index contributed by atoms with van der Waals surface area (Å²) in [5.74, 6) is -1.22. The molecule has 10 heteroatoms. The van der Waals surface area contributed by atoms with Gasteiger partial charge in [0.2, 0.25) is 11.8 Å². The Kier molecular flexibility index (Phi) is 7.63. The van der Waals surface area contributed by atoms with Crippen LogP contribution in [0.5, 0.6) is 0 Å². The zero-order valence-electron chi connectivity index (χ0n) is 17.9. The van der Waals surface area contributed by atoms with Crippen LogP contribution in [0.2, 0.25) is 5.02 Å². The lowest BCUT2D eigenvalue weighted by Crippen LogP contribution is -2.43. The van der Waals surface area contributed by atoms with Crippen molar-refractivity contribution in [2.24, 2.45) is 0 Å². The van der Waals surface area contributed by atoms with Crippen molar-refractivity contribution in [3.05, 3.63) is 64.7 Å². The molecule has 0 unspecified atom stereocenters. The molecule has 0 spiro atoms. The van der Waals surface area contributed by atoms with Gasteiger partial charge in [0.05, 0.1) is 5.56 Å². The van der Waals surface area contributed by atoms with Gasteiger partial charge < -0.3 is 9.80 Å². The largest absolute Gasteiger partial charge is 0.416 e. The Morgan fingerprint density at radius 2 is 1.70 bits per heavy atom. The van der Waals surface area contributed by atoms with E-state index >= 15 is 0 Å². The molecule has 0 aliphatic carbocycles. The lowest BCUT2D eigenvalue weighted by Gasteiger charge is -2.25. The maximum Gasteiger partial charge on any atom is 0.416 e. The fraction of sp³-hybridized carbons (Fsp3) is 0.348. The Morgan fingerprint density at radius 1 is 1.06 bits per heavy atom. The summed E-state index contributed by atoms with van der Waals surface area (Å²) >= 11 is 5.88. The number of nitrogens with zero attached hydrogens (tertiary/aromatic N) is 3. The van der Waals surface area contributed by atoms with Crippen LogP contribution in [0.15, 0.2) is 48.5 Å². The quantitative estimate of drug-likeness (QED) is 0.587. The summed E-state index contributed by atoms with van der Waals surface area (Å²) in [7, 11) is 0.